The fourth-order valence-electron chi connectivity index (χ4n) is 3.95. The number of fused-ring (bicyclic) bond motifs is 3. The van der Waals surface area contributed by atoms with Gasteiger partial charge in [0.15, 0.2) is 6.04 Å². The Kier molecular flexibility index (Phi) is 7.83. The van der Waals surface area contributed by atoms with Gasteiger partial charge in [0.25, 0.3) is 0 Å². The third kappa shape index (κ3) is 5.26. The number of carbonyl (C=O) groups excluding carboxylic acids is 2. The molecule has 3 rings (SSSR count). The number of methoxy groups -OCH3 is 1. The van der Waals surface area contributed by atoms with Gasteiger partial charge in [-0.2, -0.15) is 0 Å². The molecule has 0 radical (unpaired) electrons. The van der Waals surface area contributed by atoms with Gasteiger partial charge in [-0.1, -0.05) is 61.9 Å². The van der Waals surface area contributed by atoms with E-state index in [2.05, 4.69) is 22.8 Å². The number of alkyl carbamates (subject to hydrolysis) is 1. The van der Waals surface area contributed by atoms with Gasteiger partial charge in [0.1, 0.15) is 12.6 Å². The van der Waals surface area contributed by atoms with Crippen LogP contribution in [0.15, 0.2) is 48.5 Å². The van der Waals surface area contributed by atoms with Gasteiger partial charge in [-0.05, 0) is 28.7 Å². The van der Waals surface area contributed by atoms with Crippen molar-refractivity contribution in [1.82, 2.24) is 10.6 Å². The molecule has 32 heavy (non-hydrogen) atoms. The maximum absolute atomic E-state index is 12.5. The van der Waals surface area contributed by atoms with Crippen molar-refractivity contribution in [2.24, 2.45) is 0 Å². The second-order valence-electron chi connectivity index (χ2n) is 7.67. The van der Waals surface area contributed by atoms with Crippen LogP contribution in [0, 0.1) is 0 Å². The minimum atomic E-state index is -1.21. The summed E-state index contributed by atoms with van der Waals surface area (Å²) in [6.07, 6.45) is 0.234. The molecule has 0 bridgehead atoms. The third-order valence-corrected chi connectivity index (χ3v) is 5.48. The molecule has 8 nitrogen and oxygen atoms in total. The summed E-state index contributed by atoms with van der Waals surface area (Å²) in [6.45, 7) is 1.82. The predicted octanol–water partition coefficient (Wildman–Crippen LogP) is 2.91. The first-order valence-electron chi connectivity index (χ1n) is 10.6. The minimum Gasteiger partial charge on any atom is -0.480 e. The zero-order valence-electron chi connectivity index (χ0n) is 18.2. The molecule has 0 fully saturated rings. The van der Waals surface area contributed by atoms with Crippen LogP contribution in [0.5, 0.6) is 0 Å². The van der Waals surface area contributed by atoms with Gasteiger partial charge < -0.3 is 25.2 Å². The molecule has 2 atom stereocenters. The lowest BCUT2D eigenvalue weighted by Gasteiger charge is -2.21. The van der Waals surface area contributed by atoms with Crippen LogP contribution in [-0.4, -0.2) is 55.5 Å². The third-order valence-electron chi connectivity index (χ3n) is 5.48. The number of hydrogen-bond acceptors (Lipinski definition) is 5. The fraction of sp³-hybridized carbons (Fsp3) is 0.375. The molecule has 8 heteroatoms. The van der Waals surface area contributed by atoms with Crippen LogP contribution < -0.4 is 10.6 Å². The molecular weight excluding hydrogens is 412 g/mol. The Morgan fingerprint density at radius 3 is 2.09 bits per heavy atom. The Bertz CT molecular complexity index is 931. The number of ether oxygens (including phenoxy) is 2. The highest BCUT2D eigenvalue weighted by atomic mass is 16.5. The summed E-state index contributed by atoms with van der Waals surface area (Å²) in [4.78, 5) is 36.3. The monoisotopic (exact) mass is 440 g/mol. The Morgan fingerprint density at radius 2 is 1.56 bits per heavy atom. The summed E-state index contributed by atoms with van der Waals surface area (Å²) in [5, 5.41) is 14.2. The zero-order valence-corrected chi connectivity index (χ0v) is 18.2. The number of rotatable bonds is 10. The summed E-state index contributed by atoms with van der Waals surface area (Å²) < 4.78 is 10.3. The van der Waals surface area contributed by atoms with E-state index in [1.165, 1.54) is 7.11 Å². The quantitative estimate of drug-likeness (QED) is 0.524. The molecule has 2 unspecified atom stereocenters. The van der Waals surface area contributed by atoms with E-state index in [1.54, 1.807) is 0 Å². The molecular formula is C24H28N2O6. The second kappa shape index (κ2) is 10.8. The number of hydrogen-bond donors (Lipinski definition) is 3. The van der Waals surface area contributed by atoms with Gasteiger partial charge >= 0.3 is 12.1 Å². The van der Waals surface area contributed by atoms with Crippen molar-refractivity contribution in [2.45, 2.75) is 37.8 Å². The number of carboxylic acid groups (broad SMARTS) is 1. The molecule has 170 valence electrons. The maximum Gasteiger partial charge on any atom is 0.407 e. The Morgan fingerprint density at radius 1 is 0.969 bits per heavy atom. The van der Waals surface area contributed by atoms with Gasteiger partial charge in [0.2, 0.25) is 5.91 Å². The maximum atomic E-state index is 12.5. The molecule has 0 heterocycles. The summed E-state index contributed by atoms with van der Waals surface area (Å²) in [6, 6.07) is 13.9. The highest BCUT2D eigenvalue weighted by molar-refractivity contribution is 5.89. The molecule has 0 saturated heterocycles. The van der Waals surface area contributed by atoms with Crippen molar-refractivity contribution in [2.75, 3.05) is 20.3 Å². The van der Waals surface area contributed by atoms with Crippen molar-refractivity contribution >= 4 is 18.0 Å². The summed E-state index contributed by atoms with van der Waals surface area (Å²) in [5.74, 6) is -1.90. The molecule has 2 amide bonds. The van der Waals surface area contributed by atoms with Crippen molar-refractivity contribution in [3.8, 4) is 11.1 Å². The van der Waals surface area contributed by atoms with E-state index in [1.807, 2.05) is 43.3 Å². The zero-order chi connectivity index (χ0) is 23.1. The molecule has 0 aliphatic heterocycles. The van der Waals surface area contributed by atoms with Crippen LogP contribution in [0.1, 0.15) is 36.8 Å². The summed E-state index contributed by atoms with van der Waals surface area (Å²) in [5.41, 5.74) is 4.43. The number of aliphatic carboxylic acids is 1. The van der Waals surface area contributed by atoms with Crippen LogP contribution in [0.25, 0.3) is 11.1 Å². The average molecular weight is 440 g/mol. The number of benzene rings is 2. The molecule has 3 N–H and O–H groups in total. The largest absolute Gasteiger partial charge is 0.480 e. The smallest absolute Gasteiger partial charge is 0.407 e. The molecule has 2 aromatic carbocycles. The molecule has 2 aromatic rings. The number of nitrogens with one attached hydrogen (secondary N) is 2. The number of amides is 2. The predicted molar refractivity (Wildman–Crippen MR) is 118 cm³/mol. The van der Waals surface area contributed by atoms with Crippen molar-refractivity contribution in [3.63, 3.8) is 0 Å². The summed E-state index contributed by atoms with van der Waals surface area (Å²) in [7, 11) is 1.35. The first-order chi connectivity index (χ1) is 15.5. The topological polar surface area (TPSA) is 114 Å². The van der Waals surface area contributed by atoms with E-state index in [9.17, 15) is 19.5 Å². The minimum absolute atomic E-state index is 0.0929. The highest BCUT2D eigenvalue weighted by Crippen LogP contribution is 2.44. The van der Waals surface area contributed by atoms with Gasteiger partial charge in [-0.25, -0.2) is 9.59 Å². The Hall–Kier alpha value is -3.39. The lowest BCUT2D eigenvalue weighted by atomic mass is 9.98. The molecule has 1 aliphatic rings. The normalized spacial score (nSPS) is 14.1. The van der Waals surface area contributed by atoms with E-state index in [4.69, 9.17) is 9.47 Å². The fourth-order valence-corrected chi connectivity index (χ4v) is 3.95. The Balaban J connectivity index is 1.64. The molecule has 1 aliphatic carbocycles. The SMILES string of the molecule is CCCC(NC(=O)OCC1c2ccccc2-c2ccccc21)C(=O)NC(COC)C(=O)O. The first-order valence-corrected chi connectivity index (χ1v) is 10.6. The lowest BCUT2D eigenvalue weighted by molar-refractivity contribution is -0.143. The van der Waals surface area contributed by atoms with Crippen molar-refractivity contribution < 1.29 is 29.0 Å². The number of carbonyl (C=O) groups is 3. The van der Waals surface area contributed by atoms with Crippen LogP contribution in [0.2, 0.25) is 0 Å². The molecule has 0 saturated carbocycles. The first kappa shape index (κ1) is 23.3. The standard InChI is InChI=1S/C24H28N2O6/c1-3-8-20(22(27)25-21(14-31-2)23(28)29)26-24(30)32-13-19-17-11-6-4-9-15(17)16-10-5-7-12-18(16)19/h4-7,9-12,19-21H,3,8,13-14H2,1-2H3,(H,25,27)(H,26,30)(H,28,29). The van der Waals surface area contributed by atoms with Gasteiger partial charge in [-0.15, -0.1) is 0 Å². The van der Waals surface area contributed by atoms with E-state index >= 15 is 0 Å². The average Bonchev–Trinajstić information content (AvgIpc) is 3.10. The van der Waals surface area contributed by atoms with Crippen LogP contribution in [0.4, 0.5) is 4.79 Å². The Labute approximate surface area is 186 Å². The van der Waals surface area contributed by atoms with Gasteiger partial charge in [0, 0.05) is 13.0 Å². The van der Waals surface area contributed by atoms with E-state index in [0.29, 0.717) is 12.8 Å². The summed E-state index contributed by atoms with van der Waals surface area (Å²) >= 11 is 0. The van der Waals surface area contributed by atoms with Gasteiger partial charge in [0.05, 0.1) is 6.61 Å². The number of carboxylic acids is 1. The van der Waals surface area contributed by atoms with Crippen molar-refractivity contribution in [3.05, 3.63) is 59.7 Å². The molecule has 0 spiro atoms. The van der Waals surface area contributed by atoms with Gasteiger partial charge in [-0.3, -0.25) is 4.79 Å². The lowest BCUT2D eigenvalue weighted by Crippen LogP contribution is -2.53. The second-order valence-corrected chi connectivity index (χ2v) is 7.67. The van der Waals surface area contributed by atoms with E-state index < -0.39 is 30.1 Å². The van der Waals surface area contributed by atoms with Crippen molar-refractivity contribution in [1.29, 1.82) is 0 Å². The molecule has 0 aromatic heterocycles. The van der Waals surface area contributed by atoms with Crippen LogP contribution in [-0.2, 0) is 19.1 Å². The van der Waals surface area contributed by atoms with Crippen LogP contribution >= 0.6 is 0 Å². The highest BCUT2D eigenvalue weighted by Gasteiger charge is 2.30. The van der Waals surface area contributed by atoms with E-state index in [0.717, 1.165) is 22.3 Å². The van der Waals surface area contributed by atoms with E-state index in [-0.39, 0.29) is 19.1 Å². The van der Waals surface area contributed by atoms with Crippen LogP contribution in [0.3, 0.4) is 0 Å².